The van der Waals surface area contributed by atoms with Gasteiger partial charge in [0.1, 0.15) is 0 Å². The number of sulfonamides is 1. The van der Waals surface area contributed by atoms with Crippen LogP contribution in [0.5, 0.6) is 0 Å². The van der Waals surface area contributed by atoms with Crippen LogP contribution in [-0.4, -0.2) is 54.3 Å². The maximum Gasteiger partial charge on any atom is 0.420 e. The lowest BCUT2D eigenvalue weighted by atomic mass is 9.94. The summed E-state index contributed by atoms with van der Waals surface area (Å²) in [6, 6.07) is 14.3. The van der Waals surface area contributed by atoms with Gasteiger partial charge < -0.3 is 9.32 Å². The monoisotopic (exact) mass is 469 g/mol. The summed E-state index contributed by atoms with van der Waals surface area (Å²) in [6.07, 6.45) is 1.66. The Kier molecular flexibility index (Phi) is 5.21. The smallest absolute Gasteiger partial charge is 0.408 e. The Morgan fingerprint density at radius 1 is 1.00 bits per heavy atom. The van der Waals surface area contributed by atoms with E-state index < -0.39 is 21.2 Å². The van der Waals surface area contributed by atoms with Gasteiger partial charge in [-0.15, -0.1) is 0 Å². The second-order valence-corrected chi connectivity index (χ2v) is 11.0. The molecule has 1 aliphatic heterocycles. The van der Waals surface area contributed by atoms with E-state index in [9.17, 15) is 18.0 Å². The lowest BCUT2D eigenvalue weighted by molar-refractivity contribution is -0.135. The summed E-state index contributed by atoms with van der Waals surface area (Å²) in [5.74, 6) is -0.418. The number of aromatic nitrogens is 1. The molecule has 0 unspecified atom stereocenters. The van der Waals surface area contributed by atoms with Crippen LogP contribution in [0.4, 0.5) is 0 Å². The quantitative estimate of drug-likeness (QED) is 0.573. The largest absolute Gasteiger partial charge is 0.420 e. The van der Waals surface area contributed by atoms with Crippen LogP contribution in [0.1, 0.15) is 38.3 Å². The summed E-state index contributed by atoms with van der Waals surface area (Å²) in [6.45, 7) is 4.90. The van der Waals surface area contributed by atoms with Crippen LogP contribution in [0.15, 0.2) is 62.6 Å². The molecule has 1 amide bonds. The van der Waals surface area contributed by atoms with Gasteiger partial charge in [0.25, 0.3) is 0 Å². The van der Waals surface area contributed by atoms with Crippen LogP contribution in [0.25, 0.3) is 11.1 Å². The van der Waals surface area contributed by atoms with Crippen molar-refractivity contribution in [3.05, 3.63) is 64.6 Å². The predicted octanol–water partition coefficient (Wildman–Crippen LogP) is 2.74. The van der Waals surface area contributed by atoms with Crippen molar-refractivity contribution in [3.8, 4) is 0 Å². The normalized spacial score (nSPS) is 18.7. The number of rotatable bonds is 5. The molecule has 2 fully saturated rings. The molecule has 0 radical (unpaired) electrons. The molecule has 174 valence electrons. The van der Waals surface area contributed by atoms with Gasteiger partial charge in [0.2, 0.25) is 15.9 Å². The zero-order valence-corrected chi connectivity index (χ0v) is 19.5. The molecule has 2 aliphatic rings. The van der Waals surface area contributed by atoms with Crippen LogP contribution >= 0.6 is 0 Å². The zero-order chi connectivity index (χ0) is 23.4. The highest BCUT2D eigenvalue weighted by Gasteiger charge is 2.53. The SMILES string of the molecule is CC(C)n1c(=O)oc2cc(S(=O)(=O)N3CCN(C(=O)C4(c5ccccc5)CC4)CC3)ccc21. The number of piperazine rings is 1. The molecular formula is C24H27N3O5S. The second-order valence-electron chi connectivity index (χ2n) is 9.11. The molecular weight excluding hydrogens is 442 g/mol. The fraction of sp³-hybridized carbons (Fsp3) is 0.417. The number of oxazole rings is 1. The Balaban J connectivity index is 1.33. The number of carbonyl (C=O) groups is 1. The van der Waals surface area contributed by atoms with Crippen LogP contribution in [0.3, 0.4) is 0 Å². The molecule has 0 N–H and O–H groups in total. The van der Waals surface area contributed by atoms with Crippen molar-refractivity contribution in [2.24, 2.45) is 0 Å². The molecule has 1 aromatic heterocycles. The van der Waals surface area contributed by atoms with Crippen molar-refractivity contribution in [2.75, 3.05) is 26.2 Å². The Labute approximate surface area is 192 Å². The summed E-state index contributed by atoms with van der Waals surface area (Å²) >= 11 is 0. The minimum absolute atomic E-state index is 0.0855. The first-order valence-electron chi connectivity index (χ1n) is 11.2. The van der Waals surface area contributed by atoms with Gasteiger partial charge in [0, 0.05) is 38.3 Å². The van der Waals surface area contributed by atoms with E-state index in [-0.39, 0.29) is 35.5 Å². The highest BCUT2D eigenvalue weighted by atomic mass is 32.2. The van der Waals surface area contributed by atoms with E-state index in [1.165, 1.54) is 21.0 Å². The molecule has 5 rings (SSSR count). The molecule has 33 heavy (non-hydrogen) atoms. The summed E-state index contributed by atoms with van der Waals surface area (Å²) in [7, 11) is -3.77. The van der Waals surface area contributed by atoms with Crippen molar-refractivity contribution in [3.63, 3.8) is 0 Å². The molecule has 2 aromatic carbocycles. The molecule has 8 nitrogen and oxygen atoms in total. The van der Waals surface area contributed by atoms with E-state index in [0.29, 0.717) is 18.6 Å². The maximum absolute atomic E-state index is 13.3. The average molecular weight is 470 g/mol. The van der Waals surface area contributed by atoms with E-state index in [2.05, 4.69) is 0 Å². The Hall–Kier alpha value is -2.91. The number of nitrogens with zero attached hydrogens (tertiary/aromatic N) is 3. The van der Waals surface area contributed by atoms with Crippen LogP contribution in [-0.2, 0) is 20.2 Å². The van der Waals surface area contributed by atoms with Gasteiger partial charge in [-0.1, -0.05) is 30.3 Å². The van der Waals surface area contributed by atoms with Gasteiger partial charge in [0.05, 0.1) is 15.8 Å². The first-order chi connectivity index (χ1) is 15.7. The number of amides is 1. The summed E-state index contributed by atoms with van der Waals surface area (Å²) in [5, 5.41) is 0. The van der Waals surface area contributed by atoms with Gasteiger partial charge in [-0.25, -0.2) is 13.2 Å². The number of fused-ring (bicyclic) bond motifs is 1. The first-order valence-corrected chi connectivity index (χ1v) is 12.7. The summed E-state index contributed by atoms with van der Waals surface area (Å²) in [4.78, 5) is 27.3. The lowest BCUT2D eigenvalue weighted by Gasteiger charge is -2.36. The molecule has 2 heterocycles. The molecule has 0 spiro atoms. The van der Waals surface area contributed by atoms with Gasteiger partial charge in [-0.2, -0.15) is 4.31 Å². The van der Waals surface area contributed by atoms with Crippen molar-refractivity contribution in [2.45, 2.75) is 43.0 Å². The maximum atomic E-state index is 13.3. The van der Waals surface area contributed by atoms with E-state index >= 15 is 0 Å². The fourth-order valence-electron chi connectivity index (χ4n) is 4.76. The Morgan fingerprint density at radius 2 is 1.67 bits per heavy atom. The third kappa shape index (κ3) is 3.59. The highest BCUT2D eigenvalue weighted by molar-refractivity contribution is 7.89. The molecule has 1 aliphatic carbocycles. The van der Waals surface area contributed by atoms with Crippen molar-refractivity contribution >= 4 is 27.0 Å². The minimum atomic E-state index is -3.77. The zero-order valence-electron chi connectivity index (χ0n) is 18.7. The number of hydrogen-bond donors (Lipinski definition) is 0. The minimum Gasteiger partial charge on any atom is -0.408 e. The van der Waals surface area contributed by atoms with Crippen molar-refractivity contribution in [1.29, 1.82) is 0 Å². The summed E-state index contributed by atoms with van der Waals surface area (Å²) < 4.78 is 34.7. The fourth-order valence-corrected chi connectivity index (χ4v) is 6.20. The standard InChI is InChI=1S/C24H27N3O5S/c1-17(2)27-20-9-8-19(16-21(20)32-23(27)29)33(30,31)26-14-12-25(13-15-26)22(28)24(10-11-24)18-6-4-3-5-7-18/h3-9,16-17H,10-15H2,1-2H3. The first kappa shape index (κ1) is 21.9. The Bertz CT molecular complexity index is 1360. The molecule has 3 aromatic rings. The van der Waals surface area contributed by atoms with E-state index in [1.807, 2.05) is 44.2 Å². The van der Waals surface area contributed by atoms with Crippen LogP contribution in [0, 0.1) is 0 Å². The van der Waals surface area contributed by atoms with E-state index in [0.717, 1.165) is 18.4 Å². The number of carbonyl (C=O) groups excluding carboxylic acids is 1. The third-order valence-corrected chi connectivity index (χ3v) is 8.65. The number of benzene rings is 2. The van der Waals surface area contributed by atoms with Gasteiger partial charge >= 0.3 is 5.76 Å². The van der Waals surface area contributed by atoms with Crippen molar-refractivity contribution < 1.29 is 17.6 Å². The van der Waals surface area contributed by atoms with Gasteiger partial charge in [-0.05, 0) is 44.4 Å². The van der Waals surface area contributed by atoms with Crippen LogP contribution < -0.4 is 5.76 Å². The lowest BCUT2D eigenvalue weighted by Crippen LogP contribution is -2.52. The second kappa shape index (κ2) is 7.85. The third-order valence-electron chi connectivity index (χ3n) is 6.75. The predicted molar refractivity (Wildman–Crippen MR) is 124 cm³/mol. The molecule has 1 saturated carbocycles. The molecule has 9 heteroatoms. The highest BCUT2D eigenvalue weighted by Crippen LogP contribution is 2.49. The number of hydrogen-bond acceptors (Lipinski definition) is 5. The Morgan fingerprint density at radius 3 is 2.27 bits per heavy atom. The van der Waals surface area contributed by atoms with Crippen LogP contribution in [0.2, 0.25) is 0 Å². The van der Waals surface area contributed by atoms with Gasteiger partial charge in [0.15, 0.2) is 5.58 Å². The molecule has 0 atom stereocenters. The van der Waals surface area contributed by atoms with Gasteiger partial charge in [-0.3, -0.25) is 9.36 Å². The summed E-state index contributed by atoms with van der Waals surface area (Å²) in [5.41, 5.74) is 1.41. The van der Waals surface area contributed by atoms with Crippen molar-refractivity contribution in [1.82, 2.24) is 13.8 Å². The topological polar surface area (TPSA) is 92.8 Å². The molecule has 1 saturated heterocycles. The van der Waals surface area contributed by atoms with E-state index in [1.54, 1.807) is 11.0 Å². The molecule has 0 bridgehead atoms. The average Bonchev–Trinajstić information content (AvgIpc) is 3.55. The van der Waals surface area contributed by atoms with E-state index in [4.69, 9.17) is 4.42 Å².